The molecule has 33 heavy (non-hydrogen) atoms. The number of amides is 3. The van der Waals surface area contributed by atoms with Gasteiger partial charge in [-0.2, -0.15) is 0 Å². The van der Waals surface area contributed by atoms with E-state index in [1.165, 1.54) is 10.5 Å². The van der Waals surface area contributed by atoms with Crippen LogP contribution in [0.3, 0.4) is 0 Å². The lowest BCUT2D eigenvalue weighted by atomic mass is 9.93. The Morgan fingerprint density at radius 3 is 1.67 bits per heavy atom. The maximum Gasteiger partial charge on any atom is 0.255 e. The maximum absolute atomic E-state index is 12.4. The molecule has 3 amide bonds. The van der Waals surface area contributed by atoms with E-state index in [2.05, 4.69) is 44.7 Å². The molecule has 2 aliphatic rings. The first-order chi connectivity index (χ1) is 15.7. The predicted octanol–water partition coefficient (Wildman–Crippen LogP) is 5.09. The summed E-state index contributed by atoms with van der Waals surface area (Å²) in [4.78, 5) is 40.2. The molecule has 0 saturated carbocycles. The summed E-state index contributed by atoms with van der Waals surface area (Å²) in [6, 6.07) is 8.50. The molecule has 5 nitrogen and oxygen atoms in total. The van der Waals surface area contributed by atoms with Crippen LogP contribution in [0.25, 0.3) is 0 Å². The summed E-state index contributed by atoms with van der Waals surface area (Å²) in [5.74, 6) is -0.288. The van der Waals surface area contributed by atoms with Crippen molar-refractivity contribution in [2.24, 2.45) is 0 Å². The van der Waals surface area contributed by atoms with Gasteiger partial charge in [0.2, 0.25) is 11.8 Å². The third-order valence-corrected chi connectivity index (χ3v) is 6.47. The predicted molar refractivity (Wildman–Crippen MR) is 131 cm³/mol. The van der Waals surface area contributed by atoms with E-state index in [1.54, 1.807) is 17.1 Å². The van der Waals surface area contributed by atoms with Crippen LogP contribution in [-0.4, -0.2) is 17.7 Å². The van der Waals surface area contributed by atoms with Crippen LogP contribution in [0.1, 0.15) is 60.1 Å². The number of carbonyl (C=O) groups excluding carboxylic acids is 3. The summed E-state index contributed by atoms with van der Waals surface area (Å²) in [5, 5.41) is 0. The van der Waals surface area contributed by atoms with Gasteiger partial charge < -0.3 is 0 Å². The van der Waals surface area contributed by atoms with Crippen molar-refractivity contribution in [2.45, 2.75) is 59.8 Å². The van der Waals surface area contributed by atoms with Gasteiger partial charge in [-0.1, -0.05) is 44.7 Å². The zero-order valence-electron chi connectivity index (χ0n) is 19.8. The van der Waals surface area contributed by atoms with Gasteiger partial charge in [0.1, 0.15) is 0 Å². The number of benzene rings is 2. The fraction of sp³-hybridized carbons (Fsp3) is 0.321. The number of anilines is 2. The minimum atomic E-state index is -0.114. The van der Waals surface area contributed by atoms with Gasteiger partial charge in [0.25, 0.3) is 5.91 Å². The van der Waals surface area contributed by atoms with Crippen molar-refractivity contribution in [3.05, 3.63) is 82.1 Å². The molecule has 0 aliphatic carbocycles. The van der Waals surface area contributed by atoms with E-state index >= 15 is 0 Å². The molecule has 2 heterocycles. The first-order valence-electron chi connectivity index (χ1n) is 11.6. The van der Waals surface area contributed by atoms with Crippen molar-refractivity contribution in [1.82, 2.24) is 0 Å². The molecule has 5 heteroatoms. The van der Waals surface area contributed by atoms with E-state index in [0.717, 1.165) is 58.5 Å². The smallest absolute Gasteiger partial charge is 0.255 e. The van der Waals surface area contributed by atoms with Crippen LogP contribution in [0.15, 0.2) is 48.7 Å². The average Bonchev–Trinajstić information content (AvgIpc) is 3.28. The maximum atomic E-state index is 12.4. The Morgan fingerprint density at radius 2 is 1.24 bits per heavy atom. The highest BCUT2D eigenvalue weighted by atomic mass is 16.2. The van der Waals surface area contributed by atoms with Crippen LogP contribution >= 0.6 is 0 Å². The van der Waals surface area contributed by atoms with Crippen LogP contribution in [0.5, 0.6) is 0 Å². The van der Waals surface area contributed by atoms with Gasteiger partial charge >= 0.3 is 0 Å². The lowest BCUT2D eigenvalue weighted by Crippen LogP contribution is -2.30. The molecule has 0 aromatic heterocycles. The van der Waals surface area contributed by atoms with E-state index in [4.69, 9.17) is 0 Å². The molecule has 0 radical (unpaired) electrons. The minimum absolute atomic E-state index is 0.0599. The number of aryl methyl sites for hydroxylation is 4. The number of allylic oxidation sites excluding steroid dienone is 1. The number of rotatable bonds is 6. The Bertz CT molecular complexity index is 1130. The highest BCUT2D eigenvalue weighted by Crippen LogP contribution is 2.35. The Labute approximate surface area is 195 Å². The van der Waals surface area contributed by atoms with E-state index < -0.39 is 0 Å². The topological polar surface area (TPSA) is 57.7 Å². The van der Waals surface area contributed by atoms with Crippen LogP contribution in [0, 0.1) is 13.8 Å². The average molecular weight is 443 g/mol. The molecule has 4 rings (SSSR count). The second kappa shape index (κ2) is 8.81. The summed E-state index contributed by atoms with van der Waals surface area (Å²) in [6.45, 7) is 12.2. The summed E-state index contributed by atoms with van der Waals surface area (Å²) in [5.41, 5.74) is 8.80. The van der Waals surface area contributed by atoms with Gasteiger partial charge in [0, 0.05) is 24.6 Å². The Morgan fingerprint density at radius 1 is 0.758 bits per heavy atom. The van der Waals surface area contributed by atoms with Gasteiger partial charge in [0.15, 0.2) is 0 Å². The molecule has 2 aliphatic heterocycles. The summed E-state index contributed by atoms with van der Waals surface area (Å²) in [7, 11) is 0. The fourth-order valence-corrected chi connectivity index (χ4v) is 5.02. The molecule has 0 atom stereocenters. The van der Waals surface area contributed by atoms with Crippen molar-refractivity contribution in [3.8, 4) is 0 Å². The van der Waals surface area contributed by atoms with E-state index in [1.807, 2.05) is 13.8 Å². The quantitative estimate of drug-likeness (QED) is 0.586. The molecule has 2 aromatic carbocycles. The van der Waals surface area contributed by atoms with Crippen molar-refractivity contribution < 1.29 is 14.4 Å². The normalized spacial score (nSPS) is 16.0. The first-order valence-corrected chi connectivity index (χ1v) is 11.6. The Kier molecular flexibility index (Phi) is 6.07. The molecule has 1 fully saturated rings. The molecule has 0 bridgehead atoms. The third-order valence-electron chi connectivity index (χ3n) is 6.47. The van der Waals surface area contributed by atoms with Gasteiger partial charge in [-0.3, -0.25) is 24.2 Å². The molecular weight excluding hydrogens is 412 g/mol. The van der Waals surface area contributed by atoms with Gasteiger partial charge in [0.05, 0.1) is 11.4 Å². The second-order valence-corrected chi connectivity index (χ2v) is 8.85. The number of hydrogen-bond donors (Lipinski definition) is 0. The lowest BCUT2D eigenvalue weighted by molar-refractivity contribution is -0.121. The zero-order chi connectivity index (χ0) is 23.9. The van der Waals surface area contributed by atoms with E-state index in [9.17, 15) is 14.4 Å². The van der Waals surface area contributed by atoms with Gasteiger partial charge in [-0.05, 0) is 72.6 Å². The number of carbonyl (C=O) groups is 3. The van der Waals surface area contributed by atoms with Gasteiger partial charge in [-0.25, -0.2) is 0 Å². The monoisotopic (exact) mass is 442 g/mol. The van der Waals surface area contributed by atoms with Gasteiger partial charge in [-0.15, -0.1) is 0 Å². The van der Waals surface area contributed by atoms with Crippen molar-refractivity contribution >= 4 is 29.1 Å². The SMILES string of the molecule is C=C1C=CC(=O)N1c1c(C)cc(Cc2cc(C)c(N3C(=O)CCC3=O)c(CC)c2)cc1CC. The van der Waals surface area contributed by atoms with Crippen LogP contribution in [-0.2, 0) is 33.6 Å². The first kappa shape index (κ1) is 22.7. The van der Waals surface area contributed by atoms with Crippen molar-refractivity contribution in [2.75, 3.05) is 9.80 Å². The molecule has 0 unspecified atom stereocenters. The zero-order valence-corrected chi connectivity index (χ0v) is 19.8. The number of imide groups is 1. The summed E-state index contributed by atoms with van der Waals surface area (Å²) >= 11 is 0. The van der Waals surface area contributed by atoms with Crippen LogP contribution < -0.4 is 9.80 Å². The van der Waals surface area contributed by atoms with Crippen LogP contribution in [0.4, 0.5) is 11.4 Å². The third kappa shape index (κ3) is 4.04. The summed E-state index contributed by atoms with van der Waals surface area (Å²) in [6.07, 6.45) is 6.16. The lowest BCUT2D eigenvalue weighted by Gasteiger charge is -2.24. The summed E-state index contributed by atoms with van der Waals surface area (Å²) < 4.78 is 0. The molecular formula is C28H30N2O3. The largest absolute Gasteiger partial charge is 0.278 e. The fourth-order valence-electron chi connectivity index (χ4n) is 5.02. The van der Waals surface area contributed by atoms with Crippen LogP contribution in [0.2, 0.25) is 0 Å². The van der Waals surface area contributed by atoms with Crippen molar-refractivity contribution in [3.63, 3.8) is 0 Å². The highest BCUT2D eigenvalue weighted by molar-refractivity contribution is 6.20. The molecule has 170 valence electrons. The number of hydrogen-bond acceptors (Lipinski definition) is 3. The Hall–Kier alpha value is -3.47. The van der Waals surface area contributed by atoms with E-state index in [-0.39, 0.29) is 30.6 Å². The highest BCUT2D eigenvalue weighted by Gasteiger charge is 2.32. The standard InChI is InChI=1S/C28H30N2O3/c1-6-22-15-20(12-17(3)27(22)29-19(5)8-9-24(29)31)14-21-13-18(4)28(23(7-2)16-21)30-25(32)10-11-26(30)33/h8-9,12-13,15-16H,5-7,10-11,14H2,1-4H3. The molecule has 0 spiro atoms. The molecule has 1 saturated heterocycles. The number of nitrogens with zero attached hydrogens (tertiary/aromatic N) is 2. The minimum Gasteiger partial charge on any atom is -0.278 e. The second-order valence-electron chi connectivity index (χ2n) is 8.85. The Balaban J connectivity index is 1.70. The molecule has 0 N–H and O–H groups in total. The van der Waals surface area contributed by atoms with E-state index in [0.29, 0.717) is 5.70 Å². The molecule has 2 aromatic rings. The van der Waals surface area contributed by atoms with Crippen molar-refractivity contribution in [1.29, 1.82) is 0 Å².